The number of allylic oxidation sites excluding steroid dienone is 1. The first-order valence-corrected chi connectivity index (χ1v) is 13.4. The molecular formula is C30H37N3O2. The van der Waals surface area contributed by atoms with Crippen molar-refractivity contribution in [3.8, 4) is 0 Å². The number of benzene rings is 1. The Morgan fingerprint density at radius 1 is 1.06 bits per heavy atom. The molecule has 0 amide bonds. The number of hydrogen-bond acceptors (Lipinski definition) is 4. The van der Waals surface area contributed by atoms with E-state index < -0.39 is 0 Å². The molecule has 1 aromatic carbocycles. The molecule has 3 aliphatic heterocycles. The third kappa shape index (κ3) is 3.67. The van der Waals surface area contributed by atoms with Crippen LogP contribution in [0.4, 0.5) is 0 Å². The SMILES string of the molecule is CCCN1CCc2c(c3ccccc3n2/C=C(\C)c2ccncc2)C1(C1CCCO1)C1CCCO1. The minimum absolute atomic E-state index is 0.167. The summed E-state index contributed by atoms with van der Waals surface area (Å²) in [6, 6.07) is 13.2. The quantitative estimate of drug-likeness (QED) is 0.450. The highest BCUT2D eigenvalue weighted by Crippen LogP contribution is 2.52. The highest BCUT2D eigenvalue weighted by Gasteiger charge is 2.57. The van der Waals surface area contributed by atoms with Crippen LogP contribution in [0.15, 0.2) is 48.8 Å². The molecule has 5 heterocycles. The molecule has 0 spiro atoms. The Labute approximate surface area is 208 Å². The van der Waals surface area contributed by atoms with Crippen LogP contribution in [0.3, 0.4) is 0 Å². The lowest BCUT2D eigenvalue weighted by Crippen LogP contribution is -2.63. The Kier molecular flexibility index (Phi) is 6.25. The van der Waals surface area contributed by atoms with Crippen LogP contribution in [0, 0.1) is 0 Å². The number of rotatable bonds is 6. The molecule has 2 atom stereocenters. The molecule has 0 N–H and O–H groups in total. The molecule has 3 aromatic rings. The molecule has 2 fully saturated rings. The Balaban J connectivity index is 1.62. The summed E-state index contributed by atoms with van der Waals surface area (Å²) in [5, 5.41) is 1.35. The Bertz CT molecular complexity index is 1190. The van der Waals surface area contributed by atoms with Crippen LogP contribution in [-0.2, 0) is 21.4 Å². The average Bonchev–Trinajstić information content (AvgIpc) is 3.67. The van der Waals surface area contributed by atoms with E-state index in [1.54, 1.807) is 0 Å². The lowest BCUT2D eigenvalue weighted by atomic mass is 9.72. The molecule has 0 bridgehead atoms. The predicted molar refractivity (Wildman–Crippen MR) is 141 cm³/mol. The van der Waals surface area contributed by atoms with Gasteiger partial charge in [0.25, 0.3) is 0 Å². The largest absolute Gasteiger partial charge is 0.376 e. The fourth-order valence-corrected chi connectivity index (χ4v) is 6.98. The second kappa shape index (κ2) is 9.53. The zero-order chi connectivity index (χ0) is 23.8. The van der Waals surface area contributed by atoms with Crippen molar-refractivity contribution >= 4 is 22.7 Å². The van der Waals surface area contributed by atoms with E-state index in [2.05, 4.69) is 70.9 Å². The van der Waals surface area contributed by atoms with E-state index in [4.69, 9.17) is 9.47 Å². The fourth-order valence-electron chi connectivity index (χ4n) is 6.98. The summed E-state index contributed by atoms with van der Waals surface area (Å²) in [6.07, 6.45) is 13.1. The zero-order valence-electron chi connectivity index (χ0n) is 21.1. The van der Waals surface area contributed by atoms with Gasteiger partial charge >= 0.3 is 0 Å². The van der Waals surface area contributed by atoms with Gasteiger partial charge in [0.15, 0.2) is 0 Å². The van der Waals surface area contributed by atoms with Gasteiger partial charge in [-0.05, 0) is 74.9 Å². The van der Waals surface area contributed by atoms with Crippen LogP contribution < -0.4 is 0 Å². The van der Waals surface area contributed by atoms with Crippen LogP contribution in [0.2, 0.25) is 0 Å². The smallest absolute Gasteiger partial charge is 0.101 e. The topological polar surface area (TPSA) is 39.5 Å². The predicted octanol–water partition coefficient (Wildman–Crippen LogP) is 5.88. The van der Waals surface area contributed by atoms with Gasteiger partial charge in [0, 0.05) is 61.4 Å². The number of pyridine rings is 1. The van der Waals surface area contributed by atoms with Crippen LogP contribution in [0.5, 0.6) is 0 Å². The molecule has 0 aliphatic carbocycles. The number of ether oxygens (including phenoxy) is 2. The maximum absolute atomic E-state index is 6.60. The first-order valence-electron chi connectivity index (χ1n) is 13.4. The summed E-state index contributed by atoms with van der Waals surface area (Å²) < 4.78 is 15.7. The zero-order valence-corrected chi connectivity index (χ0v) is 21.1. The molecule has 6 rings (SSSR count). The Morgan fingerprint density at radius 2 is 1.77 bits per heavy atom. The van der Waals surface area contributed by atoms with Crippen molar-refractivity contribution in [3.63, 3.8) is 0 Å². The third-order valence-corrected chi connectivity index (χ3v) is 8.35. The average molecular weight is 472 g/mol. The summed E-state index contributed by atoms with van der Waals surface area (Å²) in [5.41, 5.74) is 6.39. The lowest BCUT2D eigenvalue weighted by Gasteiger charge is -2.53. The maximum atomic E-state index is 6.60. The number of nitrogens with zero attached hydrogens (tertiary/aromatic N) is 3. The van der Waals surface area contributed by atoms with Crippen molar-refractivity contribution in [1.82, 2.24) is 14.5 Å². The van der Waals surface area contributed by atoms with Gasteiger partial charge in [-0.3, -0.25) is 9.88 Å². The molecule has 0 saturated carbocycles. The van der Waals surface area contributed by atoms with Gasteiger partial charge in [-0.15, -0.1) is 0 Å². The maximum Gasteiger partial charge on any atom is 0.101 e. The van der Waals surface area contributed by atoms with Crippen molar-refractivity contribution in [2.45, 2.75) is 70.1 Å². The fraction of sp³-hybridized carbons (Fsp3) is 0.500. The number of fused-ring (bicyclic) bond motifs is 3. The van der Waals surface area contributed by atoms with Crippen molar-refractivity contribution < 1.29 is 9.47 Å². The molecule has 5 heteroatoms. The standard InChI is InChI=1S/C30H37N3O2/c1-3-17-32-18-14-26-29(30(32,27-10-6-19-34-27)28-11-7-20-35-28)24-8-4-5-9-25(24)33(26)21-22(2)23-12-15-31-16-13-23/h4-5,8-9,12-13,15-16,21,27-28H,3,6-7,10-11,14,17-20H2,1-2H3/b22-21+. The van der Waals surface area contributed by atoms with E-state index in [1.807, 2.05) is 12.4 Å². The molecule has 2 unspecified atom stereocenters. The molecule has 35 heavy (non-hydrogen) atoms. The van der Waals surface area contributed by atoms with E-state index >= 15 is 0 Å². The Hall–Kier alpha value is -2.47. The van der Waals surface area contributed by atoms with Crippen molar-refractivity contribution in [1.29, 1.82) is 0 Å². The van der Waals surface area contributed by atoms with E-state index in [0.29, 0.717) is 0 Å². The van der Waals surface area contributed by atoms with Crippen molar-refractivity contribution in [2.75, 3.05) is 26.3 Å². The van der Waals surface area contributed by atoms with Gasteiger partial charge in [0.1, 0.15) is 5.54 Å². The minimum Gasteiger partial charge on any atom is -0.376 e. The van der Waals surface area contributed by atoms with Gasteiger partial charge in [-0.1, -0.05) is 25.1 Å². The van der Waals surface area contributed by atoms with E-state index in [-0.39, 0.29) is 17.7 Å². The monoisotopic (exact) mass is 471 g/mol. The molecule has 2 saturated heterocycles. The lowest BCUT2D eigenvalue weighted by molar-refractivity contribution is -0.128. The van der Waals surface area contributed by atoms with Crippen LogP contribution in [0.25, 0.3) is 22.7 Å². The van der Waals surface area contributed by atoms with Crippen molar-refractivity contribution in [2.24, 2.45) is 0 Å². The first-order chi connectivity index (χ1) is 17.2. The second-order valence-electron chi connectivity index (χ2n) is 10.3. The van der Waals surface area contributed by atoms with Crippen LogP contribution >= 0.6 is 0 Å². The number of aromatic nitrogens is 2. The van der Waals surface area contributed by atoms with Gasteiger partial charge < -0.3 is 14.0 Å². The van der Waals surface area contributed by atoms with E-state index in [1.165, 1.54) is 33.3 Å². The van der Waals surface area contributed by atoms with Crippen LogP contribution in [0.1, 0.15) is 62.8 Å². The second-order valence-corrected chi connectivity index (χ2v) is 10.3. The third-order valence-electron chi connectivity index (χ3n) is 8.35. The summed E-state index contributed by atoms with van der Waals surface area (Å²) in [7, 11) is 0. The van der Waals surface area contributed by atoms with Gasteiger partial charge in [-0.2, -0.15) is 0 Å². The van der Waals surface area contributed by atoms with Gasteiger partial charge in [0.05, 0.1) is 17.7 Å². The Morgan fingerprint density at radius 3 is 2.43 bits per heavy atom. The molecular weight excluding hydrogens is 434 g/mol. The molecule has 3 aliphatic rings. The van der Waals surface area contributed by atoms with Crippen molar-refractivity contribution in [3.05, 3.63) is 65.6 Å². The highest BCUT2D eigenvalue weighted by molar-refractivity contribution is 5.91. The first kappa shape index (κ1) is 23.0. The van der Waals surface area contributed by atoms with Crippen LogP contribution in [-0.4, -0.2) is 53.0 Å². The molecule has 2 aromatic heterocycles. The summed E-state index contributed by atoms with van der Waals surface area (Å²) >= 11 is 0. The van der Waals surface area contributed by atoms with E-state index in [0.717, 1.165) is 64.8 Å². The van der Waals surface area contributed by atoms with Gasteiger partial charge in [0.2, 0.25) is 0 Å². The van der Waals surface area contributed by atoms with E-state index in [9.17, 15) is 0 Å². The minimum atomic E-state index is -0.236. The highest BCUT2D eigenvalue weighted by atomic mass is 16.5. The number of hydrogen-bond donors (Lipinski definition) is 0. The summed E-state index contributed by atoms with van der Waals surface area (Å²) in [5.74, 6) is 0. The molecule has 5 nitrogen and oxygen atoms in total. The summed E-state index contributed by atoms with van der Waals surface area (Å²) in [6.45, 7) is 8.33. The molecule has 0 radical (unpaired) electrons. The van der Waals surface area contributed by atoms with Gasteiger partial charge in [-0.25, -0.2) is 0 Å². The summed E-state index contributed by atoms with van der Waals surface area (Å²) in [4.78, 5) is 6.96. The molecule has 184 valence electrons. The normalized spacial score (nSPS) is 27.5. The number of para-hydroxylation sites is 1.